The van der Waals surface area contributed by atoms with Gasteiger partial charge in [0.15, 0.2) is 0 Å². The highest BCUT2D eigenvalue weighted by Gasteiger charge is 2.41. The Kier molecular flexibility index (Phi) is 4.41. The molecule has 1 aromatic heterocycles. The molecule has 0 aromatic carbocycles. The van der Waals surface area contributed by atoms with Crippen LogP contribution < -0.4 is 5.32 Å². The van der Waals surface area contributed by atoms with Crippen LogP contribution in [0.2, 0.25) is 0 Å². The molecule has 1 fully saturated rings. The predicted molar refractivity (Wildman–Crippen MR) is 71.9 cm³/mol. The lowest BCUT2D eigenvalue weighted by Crippen LogP contribution is -2.24. The summed E-state index contributed by atoms with van der Waals surface area (Å²) in [5.41, 5.74) is 1.92. The molecular weight excluding hydrogens is 286 g/mol. The number of rotatable bonds is 7. The molecule has 0 unspecified atom stereocenters. The Hall–Kier alpha value is 0.100. The Morgan fingerprint density at radius 3 is 2.94 bits per heavy atom. The second kappa shape index (κ2) is 5.63. The van der Waals surface area contributed by atoms with Crippen molar-refractivity contribution in [2.24, 2.45) is 5.41 Å². The molecular formula is C12H18BrNOS. The SMILES string of the molecule is COCCC1(CNCc2csc(Br)c2)CC1. The van der Waals surface area contributed by atoms with E-state index >= 15 is 0 Å². The average Bonchev–Trinajstić information content (AvgIpc) is 2.92. The van der Waals surface area contributed by atoms with Crippen LogP contribution in [0, 0.1) is 5.41 Å². The fourth-order valence-corrected chi connectivity index (χ4v) is 3.13. The van der Waals surface area contributed by atoms with E-state index in [2.05, 4.69) is 32.7 Å². The number of hydrogen-bond donors (Lipinski definition) is 1. The number of hydrogen-bond acceptors (Lipinski definition) is 3. The summed E-state index contributed by atoms with van der Waals surface area (Å²) in [5, 5.41) is 5.76. The first kappa shape index (κ1) is 12.6. The van der Waals surface area contributed by atoms with E-state index in [0.29, 0.717) is 5.41 Å². The van der Waals surface area contributed by atoms with E-state index in [4.69, 9.17) is 4.74 Å². The normalized spacial score (nSPS) is 17.6. The van der Waals surface area contributed by atoms with E-state index in [1.165, 1.54) is 28.6 Å². The lowest BCUT2D eigenvalue weighted by Gasteiger charge is -2.15. The van der Waals surface area contributed by atoms with Gasteiger partial charge in [0.25, 0.3) is 0 Å². The van der Waals surface area contributed by atoms with Crippen molar-refractivity contribution in [1.82, 2.24) is 5.32 Å². The van der Waals surface area contributed by atoms with Gasteiger partial charge in [0.2, 0.25) is 0 Å². The summed E-state index contributed by atoms with van der Waals surface area (Å²) in [5.74, 6) is 0. The summed E-state index contributed by atoms with van der Waals surface area (Å²) in [6, 6.07) is 2.19. The summed E-state index contributed by atoms with van der Waals surface area (Å²) in [4.78, 5) is 0. The second-order valence-corrected chi connectivity index (χ2v) is 6.90. The largest absolute Gasteiger partial charge is 0.385 e. The minimum absolute atomic E-state index is 0.545. The van der Waals surface area contributed by atoms with E-state index in [1.807, 2.05) is 0 Å². The molecule has 0 spiro atoms. The minimum atomic E-state index is 0.545. The first-order valence-corrected chi connectivity index (χ1v) is 7.34. The molecule has 1 saturated carbocycles. The van der Waals surface area contributed by atoms with Crippen LogP contribution in [0.15, 0.2) is 15.2 Å². The third-order valence-electron chi connectivity index (χ3n) is 3.24. The van der Waals surface area contributed by atoms with E-state index in [0.717, 1.165) is 19.7 Å². The molecule has 4 heteroatoms. The fraction of sp³-hybridized carbons (Fsp3) is 0.667. The molecule has 0 atom stereocenters. The molecule has 1 heterocycles. The van der Waals surface area contributed by atoms with Gasteiger partial charge in [0.05, 0.1) is 3.79 Å². The first-order valence-electron chi connectivity index (χ1n) is 5.67. The number of nitrogens with one attached hydrogen (secondary N) is 1. The lowest BCUT2D eigenvalue weighted by atomic mass is 10.0. The Bertz CT molecular complexity index is 336. The zero-order valence-electron chi connectivity index (χ0n) is 9.59. The van der Waals surface area contributed by atoms with Crippen molar-refractivity contribution < 1.29 is 4.74 Å². The highest BCUT2D eigenvalue weighted by Crippen LogP contribution is 2.48. The van der Waals surface area contributed by atoms with Crippen molar-refractivity contribution in [3.05, 3.63) is 20.8 Å². The van der Waals surface area contributed by atoms with Crippen molar-refractivity contribution in [3.63, 3.8) is 0 Å². The van der Waals surface area contributed by atoms with Crippen LogP contribution in [-0.2, 0) is 11.3 Å². The van der Waals surface area contributed by atoms with E-state index < -0.39 is 0 Å². The summed E-state index contributed by atoms with van der Waals surface area (Å²) in [7, 11) is 1.78. The van der Waals surface area contributed by atoms with Crippen molar-refractivity contribution in [2.75, 3.05) is 20.3 Å². The molecule has 16 heavy (non-hydrogen) atoms. The Morgan fingerprint density at radius 2 is 2.38 bits per heavy atom. The van der Waals surface area contributed by atoms with Gasteiger partial charge >= 0.3 is 0 Å². The van der Waals surface area contributed by atoms with Gasteiger partial charge in [-0.05, 0) is 57.6 Å². The third kappa shape index (κ3) is 3.55. The third-order valence-corrected chi connectivity index (χ3v) is 4.80. The highest BCUT2D eigenvalue weighted by atomic mass is 79.9. The van der Waals surface area contributed by atoms with E-state index in [9.17, 15) is 0 Å². The van der Waals surface area contributed by atoms with Gasteiger partial charge < -0.3 is 10.1 Å². The van der Waals surface area contributed by atoms with Gasteiger partial charge in [-0.25, -0.2) is 0 Å². The molecule has 0 amide bonds. The van der Waals surface area contributed by atoms with Gasteiger partial charge in [-0.2, -0.15) is 0 Å². The maximum Gasteiger partial charge on any atom is 0.0701 e. The van der Waals surface area contributed by atoms with Crippen molar-refractivity contribution >= 4 is 27.3 Å². The molecule has 0 radical (unpaired) electrons. The van der Waals surface area contributed by atoms with Crippen LogP contribution in [0.3, 0.4) is 0 Å². The van der Waals surface area contributed by atoms with Crippen LogP contribution >= 0.6 is 27.3 Å². The van der Waals surface area contributed by atoms with Gasteiger partial charge in [-0.15, -0.1) is 11.3 Å². The van der Waals surface area contributed by atoms with Gasteiger partial charge in [-0.3, -0.25) is 0 Å². The smallest absolute Gasteiger partial charge is 0.0701 e. The Morgan fingerprint density at radius 1 is 1.56 bits per heavy atom. The topological polar surface area (TPSA) is 21.3 Å². The van der Waals surface area contributed by atoms with E-state index in [1.54, 1.807) is 18.4 Å². The lowest BCUT2D eigenvalue weighted by molar-refractivity contribution is 0.171. The molecule has 1 N–H and O–H groups in total. The minimum Gasteiger partial charge on any atom is -0.385 e. The van der Waals surface area contributed by atoms with Crippen LogP contribution in [-0.4, -0.2) is 20.3 Å². The molecule has 0 bridgehead atoms. The van der Waals surface area contributed by atoms with Crippen LogP contribution in [0.4, 0.5) is 0 Å². The molecule has 1 aliphatic rings. The van der Waals surface area contributed by atoms with Crippen molar-refractivity contribution in [3.8, 4) is 0 Å². The molecule has 90 valence electrons. The zero-order chi connectivity index (χ0) is 11.4. The number of thiophene rings is 1. The van der Waals surface area contributed by atoms with Gasteiger partial charge in [0.1, 0.15) is 0 Å². The Balaban J connectivity index is 1.68. The molecule has 1 aliphatic carbocycles. The standard InChI is InChI=1S/C12H18BrNOS/c1-15-5-4-12(2-3-12)9-14-7-10-6-11(13)16-8-10/h6,8,14H,2-5,7,9H2,1H3. The maximum absolute atomic E-state index is 5.15. The van der Waals surface area contributed by atoms with E-state index in [-0.39, 0.29) is 0 Å². The highest BCUT2D eigenvalue weighted by molar-refractivity contribution is 9.11. The van der Waals surface area contributed by atoms with Crippen LogP contribution in [0.5, 0.6) is 0 Å². The van der Waals surface area contributed by atoms with Gasteiger partial charge in [-0.1, -0.05) is 0 Å². The monoisotopic (exact) mass is 303 g/mol. The summed E-state index contributed by atoms with van der Waals surface area (Å²) >= 11 is 5.23. The number of methoxy groups -OCH3 is 1. The number of halogens is 1. The van der Waals surface area contributed by atoms with Crippen molar-refractivity contribution in [2.45, 2.75) is 25.8 Å². The van der Waals surface area contributed by atoms with Crippen LogP contribution in [0.25, 0.3) is 0 Å². The maximum atomic E-state index is 5.15. The Labute approximate surface area is 110 Å². The second-order valence-electron chi connectivity index (χ2n) is 4.61. The molecule has 0 saturated heterocycles. The van der Waals surface area contributed by atoms with Gasteiger partial charge in [0, 0.05) is 26.8 Å². The average molecular weight is 304 g/mol. The predicted octanol–water partition coefficient (Wildman–Crippen LogP) is 3.42. The summed E-state index contributed by atoms with van der Waals surface area (Å²) in [6.45, 7) is 3.01. The quantitative estimate of drug-likeness (QED) is 0.833. The molecule has 1 aromatic rings. The molecule has 2 nitrogen and oxygen atoms in total. The van der Waals surface area contributed by atoms with Crippen LogP contribution in [0.1, 0.15) is 24.8 Å². The van der Waals surface area contributed by atoms with Crippen molar-refractivity contribution in [1.29, 1.82) is 0 Å². The summed E-state index contributed by atoms with van der Waals surface area (Å²) < 4.78 is 6.37. The molecule has 2 rings (SSSR count). The fourth-order valence-electron chi connectivity index (χ4n) is 1.92. The molecule has 0 aliphatic heterocycles. The zero-order valence-corrected chi connectivity index (χ0v) is 12.0. The number of ether oxygens (including phenoxy) is 1. The summed E-state index contributed by atoms with van der Waals surface area (Å²) in [6.07, 6.45) is 3.91. The first-order chi connectivity index (χ1) is 7.74.